The number of fused-ring (bicyclic) bond motifs is 3. The molecule has 0 radical (unpaired) electrons. The van der Waals surface area contributed by atoms with Gasteiger partial charge in [0.25, 0.3) is 5.91 Å². The van der Waals surface area contributed by atoms with Crippen molar-refractivity contribution in [3.63, 3.8) is 0 Å². The maximum absolute atomic E-state index is 13.6. The lowest BCUT2D eigenvalue weighted by Crippen LogP contribution is -2.32. The van der Waals surface area contributed by atoms with Crippen LogP contribution in [0.5, 0.6) is 11.5 Å². The topological polar surface area (TPSA) is 68.6 Å². The summed E-state index contributed by atoms with van der Waals surface area (Å²) < 4.78 is 13.3. The summed E-state index contributed by atoms with van der Waals surface area (Å²) in [5, 5.41) is 4.14. The zero-order valence-electron chi connectivity index (χ0n) is 23.7. The molecular formula is C34H33ClN4O3. The molecule has 0 atom stereocenters. The summed E-state index contributed by atoms with van der Waals surface area (Å²) in [5.41, 5.74) is 8.71. The fourth-order valence-corrected chi connectivity index (χ4v) is 5.94. The van der Waals surface area contributed by atoms with E-state index < -0.39 is 0 Å². The van der Waals surface area contributed by atoms with Crippen molar-refractivity contribution in [1.82, 2.24) is 14.9 Å². The van der Waals surface area contributed by atoms with Crippen molar-refractivity contribution >= 4 is 35.0 Å². The zero-order chi connectivity index (χ0) is 27.9. The van der Waals surface area contributed by atoms with Crippen LogP contribution in [0.2, 0.25) is 0 Å². The van der Waals surface area contributed by atoms with E-state index in [4.69, 9.17) is 14.5 Å². The van der Waals surface area contributed by atoms with Gasteiger partial charge in [-0.1, -0.05) is 60.7 Å². The van der Waals surface area contributed by atoms with Gasteiger partial charge in [-0.15, -0.1) is 12.4 Å². The molecule has 5 aromatic rings. The van der Waals surface area contributed by atoms with Crippen molar-refractivity contribution in [2.24, 2.45) is 0 Å². The minimum Gasteiger partial charge on any atom is -0.454 e. The van der Waals surface area contributed by atoms with Crippen LogP contribution in [-0.2, 0) is 26.1 Å². The molecule has 0 fully saturated rings. The second kappa shape index (κ2) is 11.4. The van der Waals surface area contributed by atoms with E-state index in [0.717, 1.165) is 54.1 Å². The number of ether oxygens (including phenoxy) is 2. The summed E-state index contributed by atoms with van der Waals surface area (Å²) in [6.07, 6.45) is 0.942. The summed E-state index contributed by atoms with van der Waals surface area (Å²) in [4.78, 5) is 21.0. The molecule has 214 valence electrons. The molecule has 2 aliphatic rings. The lowest BCUT2D eigenvalue weighted by Gasteiger charge is -2.31. The number of aryl methyl sites for hydroxylation is 1. The van der Waals surface area contributed by atoms with Crippen molar-refractivity contribution in [2.45, 2.75) is 39.9 Å². The van der Waals surface area contributed by atoms with Gasteiger partial charge in [0, 0.05) is 37.3 Å². The van der Waals surface area contributed by atoms with Crippen molar-refractivity contribution in [3.05, 3.63) is 118 Å². The first kappa shape index (κ1) is 27.7. The van der Waals surface area contributed by atoms with Crippen molar-refractivity contribution in [3.8, 4) is 11.5 Å². The number of halogens is 1. The lowest BCUT2D eigenvalue weighted by molar-refractivity contribution is 0.0946. The van der Waals surface area contributed by atoms with Crippen LogP contribution in [0.25, 0.3) is 10.9 Å². The van der Waals surface area contributed by atoms with Crippen LogP contribution in [0, 0.1) is 13.8 Å². The Labute approximate surface area is 251 Å². The third-order valence-electron chi connectivity index (χ3n) is 8.33. The first-order valence-electron chi connectivity index (χ1n) is 14.1. The molecular weight excluding hydrogens is 548 g/mol. The minimum atomic E-state index is -0.198. The van der Waals surface area contributed by atoms with Crippen molar-refractivity contribution < 1.29 is 14.3 Å². The highest BCUT2D eigenvalue weighted by Crippen LogP contribution is 2.36. The molecule has 42 heavy (non-hydrogen) atoms. The normalized spacial score (nSPS) is 13.5. The van der Waals surface area contributed by atoms with Crippen LogP contribution in [0.3, 0.4) is 0 Å². The van der Waals surface area contributed by atoms with Crippen molar-refractivity contribution in [1.29, 1.82) is 0 Å². The number of amides is 1. The molecule has 0 saturated heterocycles. The number of rotatable bonds is 6. The van der Waals surface area contributed by atoms with E-state index in [1.807, 2.05) is 30.3 Å². The van der Waals surface area contributed by atoms with Gasteiger partial charge in [-0.2, -0.15) is 0 Å². The number of hydrogen-bond acceptors (Lipinski definition) is 5. The van der Waals surface area contributed by atoms with Crippen molar-refractivity contribution in [2.75, 3.05) is 18.2 Å². The number of pyridine rings is 1. The second-order valence-corrected chi connectivity index (χ2v) is 10.8. The number of nitrogens with one attached hydrogen (secondary N) is 1. The van der Waals surface area contributed by atoms with E-state index in [9.17, 15) is 4.79 Å². The molecule has 1 amide bonds. The van der Waals surface area contributed by atoms with E-state index in [-0.39, 0.29) is 25.1 Å². The molecule has 0 bridgehead atoms. The molecule has 8 heteroatoms. The number of aromatic nitrogens is 2. The number of anilines is 1. The van der Waals surface area contributed by atoms with Gasteiger partial charge >= 0.3 is 0 Å². The highest BCUT2D eigenvalue weighted by Gasteiger charge is 2.25. The Morgan fingerprint density at radius 2 is 1.67 bits per heavy atom. The van der Waals surface area contributed by atoms with Crippen LogP contribution in [-0.4, -0.2) is 28.8 Å². The standard InChI is InChI=1S/C34H32N4O3.ClH/c1-22-23(2)38(19-24-8-4-3-5-9-24)32-28(22)17-29(34(39)35-18-25-12-13-30-31(16-25)41-21-40-30)36-33(32)37-15-14-26-10-6-7-11-27(26)20-37;/h3-13,16-17H,14-15,18-21H2,1-2H3,(H,35,39);1H. The SMILES string of the molecule is Cc1c(C)n(Cc2ccccc2)c2c(N3CCc4ccccc4C3)nc(C(=O)NCc3ccc4c(c3)OCO4)cc12.Cl. The van der Waals surface area contributed by atoms with Gasteiger partial charge in [0.1, 0.15) is 5.69 Å². The average molecular weight is 581 g/mol. The average Bonchev–Trinajstić information content (AvgIpc) is 3.58. The Bertz CT molecular complexity index is 1780. The highest BCUT2D eigenvalue weighted by molar-refractivity contribution is 6.01. The third-order valence-corrected chi connectivity index (χ3v) is 8.33. The van der Waals surface area contributed by atoms with E-state index in [0.29, 0.717) is 18.0 Å². The molecule has 0 unspecified atom stereocenters. The molecule has 0 aliphatic carbocycles. The smallest absolute Gasteiger partial charge is 0.270 e. The summed E-state index contributed by atoms with van der Waals surface area (Å²) in [5.74, 6) is 2.09. The molecule has 3 aromatic carbocycles. The Balaban J connectivity index is 0.00000316. The number of carbonyl (C=O) groups is 1. The third kappa shape index (κ3) is 5.05. The van der Waals surface area contributed by atoms with Gasteiger partial charge in [-0.05, 0) is 66.3 Å². The molecule has 0 saturated carbocycles. The molecule has 4 heterocycles. The van der Waals surface area contributed by atoms with Crippen LogP contribution >= 0.6 is 12.4 Å². The molecule has 7 nitrogen and oxygen atoms in total. The molecule has 1 N–H and O–H groups in total. The molecule has 2 aliphatic heterocycles. The van der Waals surface area contributed by atoms with Gasteiger partial charge in [-0.3, -0.25) is 4.79 Å². The minimum absolute atomic E-state index is 0. The van der Waals surface area contributed by atoms with Gasteiger partial charge < -0.3 is 24.3 Å². The quantitative estimate of drug-likeness (QED) is 0.254. The fourth-order valence-electron chi connectivity index (χ4n) is 5.94. The molecule has 7 rings (SSSR count). The number of carbonyl (C=O) groups excluding carboxylic acids is 1. The molecule has 2 aromatic heterocycles. The van der Waals surface area contributed by atoms with Crippen LogP contribution < -0.4 is 19.7 Å². The number of hydrogen-bond donors (Lipinski definition) is 1. The largest absolute Gasteiger partial charge is 0.454 e. The van der Waals surface area contributed by atoms with Gasteiger partial charge in [-0.25, -0.2) is 4.98 Å². The zero-order valence-corrected chi connectivity index (χ0v) is 24.5. The first-order chi connectivity index (χ1) is 20.0. The van der Waals surface area contributed by atoms with Crippen LogP contribution in [0.4, 0.5) is 5.82 Å². The van der Waals surface area contributed by atoms with E-state index in [1.54, 1.807) is 0 Å². The van der Waals surface area contributed by atoms with Gasteiger partial charge in [0.05, 0.1) is 5.52 Å². The summed E-state index contributed by atoms with van der Waals surface area (Å²) in [6.45, 7) is 7.24. The van der Waals surface area contributed by atoms with Gasteiger partial charge in [0.15, 0.2) is 17.3 Å². The Morgan fingerprint density at radius 1 is 0.905 bits per heavy atom. The van der Waals surface area contributed by atoms with E-state index in [2.05, 4.69) is 77.2 Å². The molecule has 0 spiro atoms. The maximum atomic E-state index is 13.6. The summed E-state index contributed by atoms with van der Waals surface area (Å²) >= 11 is 0. The predicted octanol–water partition coefficient (Wildman–Crippen LogP) is 6.34. The Hall–Kier alpha value is -4.49. The maximum Gasteiger partial charge on any atom is 0.270 e. The summed E-state index contributed by atoms with van der Waals surface area (Å²) in [6, 6.07) is 26.8. The Kier molecular flexibility index (Phi) is 7.52. The summed E-state index contributed by atoms with van der Waals surface area (Å²) in [7, 11) is 0. The Morgan fingerprint density at radius 3 is 2.50 bits per heavy atom. The monoisotopic (exact) mass is 580 g/mol. The van der Waals surface area contributed by atoms with Gasteiger partial charge in [0.2, 0.25) is 6.79 Å². The predicted molar refractivity (Wildman–Crippen MR) is 167 cm³/mol. The van der Waals surface area contributed by atoms with Crippen LogP contribution in [0.1, 0.15) is 44.0 Å². The first-order valence-corrected chi connectivity index (χ1v) is 14.1. The second-order valence-electron chi connectivity index (χ2n) is 10.8. The number of benzene rings is 3. The van der Waals surface area contributed by atoms with Crippen LogP contribution in [0.15, 0.2) is 78.9 Å². The fraction of sp³-hybridized carbons (Fsp3) is 0.235. The highest BCUT2D eigenvalue weighted by atomic mass is 35.5. The van der Waals surface area contributed by atoms with E-state index >= 15 is 0 Å². The number of nitrogens with zero attached hydrogens (tertiary/aromatic N) is 3. The van der Waals surface area contributed by atoms with E-state index in [1.165, 1.54) is 27.9 Å². The lowest BCUT2D eigenvalue weighted by atomic mass is 10.00.